The fourth-order valence-electron chi connectivity index (χ4n) is 3.72. The third kappa shape index (κ3) is 4.60. The van der Waals surface area contributed by atoms with E-state index in [4.69, 9.17) is 4.74 Å². The van der Waals surface area contributed by atoms with Gasteiger partial charge in [0, 0.05) is 13.1 Å². The van der Waals surface area contributed by atoms with E-state index in [9.17, 15) is 26.7 Å². The van der Waals surface area contributed by atoms with Gasteiger partial charge in [-0.15, -0.1) is 0 Å². The van der Waals surface area contributed by atoms with Crippen molar-refractivity contribution >= 4 is 25.8 Å². The van der Waals surface area contributed by atoms with Gasteiger partial charge in [-0.3, -0.25) is 4.79 Å². The molecule has 1 saturated heterocycles. The summed E-state index contributed by atoms with van der Waals surface area (Å²) in [6.45, 7) is -0.336. The Hall–Kier alpha value is -2.43. The fourth-order valence-corrected chi connectivity index (χ4v) is 7.11. The van der Waals surface area contributed by atoms with Crippen LogP contribution in [-0.4, -0.2) is 62.9 Å². The van der Waals surface area contributed by atoms with E-state index in [1.54, 1.807) is 0 Å². The van der Waals surface area contributed by atoms with Crippen LogP contribution in [-0.2, 0) is 31.1 Å². The van der Waals surface area contributed by atoms with Crippen LogP contribution in [0.15, 0.2) is 59.5 Å². The van der Waals surface area contributed by atoms with Crippen molar-refractivity contribution in [1.29, 1.82) is 0 Å². The van der Waals surface area contributed by atoms with Gasteiger partial charge in [-0.1, -0.05) is 30.3 Å². The quantitative estimate of drug-likeness (QED) is 0.630. The van der Waals surface area contributed by atoms with Crippen molar-refractivity contribution in [1.82, 2.24) is 4.31 Å². The minimum Gasteiger partial charge on any atom is -0.497 e. The number of hydrogen-bond acceptors (Lipinski definition) is 6. The highest BCUT2D eigenvalue weighted by molar-refractivity contribution is 7.93. The molecule has 0 aliphatic carbocycles. The molecule has 0 aromatic heterocycles. The lowest BCUT2D eigenvalue weighted by Gasteiger charge is -2.37. The van der Waals surface area contributed by atoms with Crippen LogP contribution in [0.4, 0.5) is 0 Å². The lowest BCUT2D eigenvalue weighted by molar-refractivity contribution is -0.141. The first-order valence-electron chi connectivity index (χ1n) is 9.76. The number of sulfone groups is 1. The number of carboxylic acids is 1. The number of methoxy groups -OCH3 is 1. The van der Waals surface area contributed by atoms with Gasteiger partial charge in [0.1, 0.15) is 5.75 Å². The van der Waals surface area contributed by atoms with E-state index in [1.807, 2.05) is 30.3 Å². The summed E-state index contributed by atoms with van der Waals surface area (Å²) in [6, 6.07) is 14.7. The molecule has 1 heterocycles. The second-order valence-corrected chi connectivity index (χ2v) is 11.8. The minimum absolute atomic E-state index is 0.123. The lowest BCUT2D eigenvalue weighted by atomic mass is 9.97. The number of sulfonamides is 1. The number of piperidine rings is 1. The van der Waals surface area contributed by atoms with Crippen molar-refractivity contribution in [3.05, 3.63) is 60.2 Å². The van der Waals surface area contributed by atoms with Crippen molar-refractivity contribution in [3.8, 4) is 5.75 Å². The van der Waals surface area contributed by atoms with Crippen molar-refractivity contribution in [2.24, 2.45) is 0 Å². The zero-order valence-corrected chi connectivity index (χ0v) is 18.7. The number of rotatable bonds is 8. The average Bonchev–Trinajstić information content (AvgIpc) is 2.78. The number of hydrogen-bond donors (Lipinski definition) is 1. The Balaban J connectivity index is 1.77. The first-order chi connectivity index (χ1) is 14.6. The average molecular weight is 468 g/mol. The summed E-state index contributed by atoms with van der Waals surface area (Å²) in [6.07, 6.45) is -0.309. The maximum absolute atomic E-state index is 13.2. The highest BCUT2D eigenvalue weighted by Crippen LogP contribution is 2.37. The normalized spacial score (nSPS) is 17.2. The first-order valence-corrected chi connectivity index (χ1v) is 12.9. The molecule has 1 aliphatic heterocycles. The summed E-state index contributed by atoms with van der Waals surface area (Å²) < 4.78 is 56.1. The van der Waals surface area contributed by atoms with Gasteiger partial charge in [0.25, 0.3) is 0 Å². The van der Waals surface area contributed by atoms with E-state index in [-0.39, 0.29) is 36.6 Å². The molecule has 1 N–H and O–H groups in total. The number of aryl methyl sites for hydroxylation is 1. The zero-order chi connectivity index (χ0) is 22.7. The number of nitrogens with zero attached hydrogens (tertiary/aromatic N) is 1. The molecule has 1 fully saturated rings. The van der Waals surface area contributed by atoms with E-state index in [1.165, 1.54) is 35.7 Å². The van der Waals surface area contributed by atoms with Crippen LogP contribution < -0.4 is 4.74 Å². The number of aliphatic carboxylic acids is 1. The van der Waals surface area contributed by atoms with Crippen LogP contribution in [0.5, 0.6) is 5.75 Å². The van der Waals surface area contributed by atoms with E-state index in [0.29, 0.717) is 12.2 Å². The molecule has 0 saturated carbocycles. The molecule has 2 aromatic rings. The molecule has 0 unspecified atom stereocenters. The SMILES string of the molecule is COc1ccc(S(=O)(=O)C2(C(=O)O)CCN(S(=O)(=O)CCc3ccccc3)CC2)cc1. The van der Waals surface area contributed by atoms with Crippen LogP contribution in [0, 0.1) is 0 Å². The molecule has 0 radical (unpaired) electrons. The molecule has 168 valence electrons. The van der Waals surface area contributed by atoms with Gasteiger partial charge in [0.2, 0.25) is 10.0 Å². The van der Waals surface area contributed by atoms with Crippen LogP contribution in [0.2, 0.25) is 0 Å². The van der Waals surface area contributed by atoms with Crippen LogP contribution in [0.3, 0.4) is 0 Å². The zero-order valence-electron chi connectivity index (χ0n) is 17.1. The molecular formula is C21H25NO7S2. The summed E-state index contributed by atoms with van der Waals surface area (Å²) in [4.78, 5) is 12.0. The lowest BCUT2D eigenvalue weighted by Crippen LogP contribution is -2.55. The molecule has 0 amide bonds. The number of ether oxygens (including phenoxy) is 1. The van der Waals surface area contributed by atoms with E-state index < -0.39 is 30.6 Å². The Morgan fingerprint density at radius 3 is 2.10 bits per heavy atom. The summed E-state index contributed by atoms with van der Waals surface area (Å²) in [7, 11) is -6.46. The largest absolute Gasteiger partial charge is 0.497 e. The predicted octanol–water partition coefficient (Wildman–Crippen LogP) is 1.96. The number of benzene rings is 2. The second-order valence-electron chi connectivity index (χ2n) is 7.43. The van der Waals surface area contributed by atoms with Crippen LogP contribution >= 0.6 is 0 Å². The Morgan fingerprint density at radius 1 is 1.00 bits per heavy atom. The number of carbonyl (C=O) groups is 1. The van der Waals surface area contributed by atoms with Crippen molar-refractivity contribution in [3.63, 3.8) is 0 Å². The summed E-state index contributed by atoms with van der Waals surface area (Å²) in [5.74, 6) is -1.14. The van der Waals surface area contributed by atoms with Crippen molar-refractivity contribution in [2.75, 3.05) is 26.0 Å². The van der Waals surface area contributed by atoms with Gasteiger partial charge in [0.15, 0.2) is 14.6 Å². The van der Waals surface area contributed by atoms with Crippen LogP contribution in [0.25, 0.3) is 0 Å². The predicted molar refractivity (Wildman–Crippen MR) is 115 cm³/mol. The van der Waals surface area contributed by atoms with E-state index in [2.05, 4.69) is 0 Å². The second kappa shape index (κ2) is 8.97. The maximum Gasteiger partial charge on any atom is 0.325 e. The highest BCUT2D eigenvalue weighted by atomic mass is 32.2. The molecule has 0 bridgehead atoms. The summed E-state index contributed by atoms with van der Waals surface area (Å²) in [5, 5.41) is 9.86. The maximum atomic E-state index is 13.2. The molecule has 1 aliphatic rings. The van der Waals surface area contributed by atoms with Gasteiger partial charge in [-0.2, -0.15) is 0 Å². The standard InChI is InChI=1S/C21H25NO7S2/c1-29-18-7-9-19(10-8-18)31(27,28)21(20(23)24)12-14-22(15-13-21)30(25,26)16-11-17-5-3-2-4-6-17/h2-10H,11-16H2,1H3,(H,23,24). The Morgan fingerprint density at radius 2 is 1.58 bits per heavy atom. The Bertz CT molecular complexity index is 1120. The van der Waals surface area contributed by atoms with Crippen molar-refractivity contribution in [2.45, 2.75) is 28.9 Å². The monoisotopic (exact) mass is 467 g/mol. The molecule has 0 spiro atoms. The van der Waals surface area contributed by atoms with Gasteiger partial charge < -0.3 is 9.84 Å². The van der Waals surface area contributed by atoms with Gasteiger partial charge in [0.05, 0.1) is 17.8 Å². The molecule has 2 aromatic carbocycles. The van der Waals surface area contributed by atoms with E-state index >= 15 is 0 Å². The van der Waals surface area contributed by atoms with Gasteiger partial charge >= 0.3 is 5.97 Å². The first kappa shape index (κ1) is 23.2. The molecule has 3 rings (SSSR count). The van der Waals surface area contributed by atoms with Gasteiger partial charge in [-0.05, 0) is 49.1 Å². The molecular weight excluding hydrogens is 442 g/mol. The minimum atomic E-state index is -4.25. The highest BCUT2D eigenvalue weighted by Gasteiger charge is 2.54. The van der Waals surface area contributed by atoms with E-state index in [0.717, 1.165) is 5.56 Å². The van der Waals surface area contributed by atoms with Gasteiger partial charge in [-0.25, -0.2) is 21.1 Å². The third-order valence-corrected chi connectivity index (χ3v) is 10.1. The summed E-state index contributed by atoms with van der Waals surface area (Å²) >= 11 is 0. The Labute approximate surface area is 182 Å². The van der Waals surface area contributed by atoms with Crippen molar-refractivity contribution < 1.29 is 31.5 Å². The molecule has 31 heavy (non-hydrogen) atoms. The third-order valence-electron chi connectivity index (χ3n) is 5.69. The molecule has 0 atom stereocenters. The fraction of sp³-hybridized carbons (Fsp3) is 0.381. The smallest absolute Gasteiger partial charge is 0.325 e. The van der Waals surface area contributed by atoms with Crippen LogP contribution in [0.1, 0.15) is 18.4 Å². The molecule has 10 heteroatoms. The summed E-state index contributed by atoms with van der Waals surface area (Å²) in [5.41, 5.74) is 0.880. The topological polar surface area (TPSA) is 118 Å². The molecule has 8 nitrogen and oxygen atoms in total. The Kier molecular flexibility index (Phi) is 6.73. The number of carboxylic acid groups (broad SMARTS) is 1.